The van der Waals surface area contributed by atoms with Gasteiger partial charge in [0, 0.05) is 6.42 Å². The van der Waals surface area contributed by atoms with E-state index in [2.05, 4.69) is 4.74 Å². The number of hydrogen-bond acceptors (Lipinski definition) is 3. The first kappa shape index (κ1) is 9.36. The molecule has 10 heavy (non-hydrogen) atoms. The van der Waals surface area contributed by atoms with Crippen LogP contribution >= 0.6 is 0 Å². The summed E-state index contributed by atoms with van der Waals surface area (Å²) in [6, 6.07) is -0.801. The lowest BCUT2D eigenvalue weighted by Gasteiger charge is -2.06. The maximum absolute atomic E-state index is 11.6. The van der Waals surface area contributed by atoms with E-state index in [9.17, 15) is 9.18 Å². The van der Waals surface area contributed by atoms with E-state index in [4.69, 9.17) is 5.73 Å². The molecule has 0 aromatic carbocycles. The Kier molecular flexibility index (Phi) is 4.84. The highest BCUT2D eigenvalue weighted by atomic mass is 19.1. The highest BCUT2D eigenvalue weighted by molar-refractivity contribution is 5.75. The van der Waals surface area contributed by atoms with Gasteiger partial charge in [0.1, 0.15) is 6.04 Å². The van der Waals surface area contributed by atoms with E-state index in [1.807, 2.05) is 0 Å². The number of carbonyl (C=O) groups is 1. The molecular formula is C6H12FNO2. The number of alkyl halides is 1. The lowest BCUT2D eigenvalue weighted by molar-refractivity contribution is -0.144. The molecule has 0 heterocycles. The molecule has 1 atom stereocenters. The van der Waals surface area contributed by atoms with Crippen LogP contribution in [0.5, 0.6) is 0 Å². The molecule has 0 aromatic rings. The van der Waals surface area contributed by atoms with E-state index in [-0.39, 0.29) is 6.42 Å². The summed E-state index contributed by atoms with van der Waals surface area (Å²) in [6.45, 7) is 1.39. The van der Waals surface area contributed by atoms with Crippen molar-refractivity contribution in [1.82, 2.24) is 0 Å². The van der Waals surface area contributed by atoms with Crippen molar-refractivity contribution < 1.29 is 13.9 Å². The second-order valence-corrected chi connectivity index (χ2v) is 1.84. The van der Waals surface area contributed by atoms with E-state index in [1.165, 1.54) is 0 Å². The number of halogens is 1. The first-order chi connectivity index (χ1) is 4.72. The van der Waals surface area contributed by atoms with Gasteiger partial charge in [0.05, 0.1) is 13.3 Å². The van der Waals surface area contributed by atoms with Crippen LogP contribution in [0.3, 0.4) is 0 Å². The van der Waals surface area contributed by atoms with Crippen molar-refractivity contribution in [2.45, 2.75) is 19.4 Å². The molecule has 0 aliphatic carbocycles. The first-order valence-electron chi connectivity index (χ1n) is 3.20. The SMILES string of the molecule is CCOC(=O)[C@@H](N)CCF. The largest absolute Gasteiger partial charge is 0.465 e. The summed E-state index contributed by atoms with van der Waals surface area (Å²) in [7, 11) is 0. The maximum Gasteiger partial charge on any atom is 0.322 e. The van der Waals surface area contributed by atoms with Gasteiger partial charge in [-0.05, 0) is 6.92 Å². The van der Waals surface area contributed by atoms with E-state index in [1.54, 1.807) is 6.92 Å². The zero-order valence-corrected chi connectivity index (χ0v) is 5.97. The van der Waals surface area contributed by atoms with Crippen molar-refractivity contribution in [3.05, 3.63) is 0 Å². The van der Waals surface area contributed by atoms with Crippen LogP contribution in [0.4, 0.5) is 4.39 Å². The van der Waals surface area contributed by atoms with Crippen LogP contribution in [0.25, 0.3) is 0 Å². The topological polar surface area (TPSA) is 52.3 Å². The summed E-state index contributed by atoms with van der Waals surface area (Å²) < 4.78 is 16.1. The number of rotatable bonds is 4. The number of ether oxygens (including phenoxy) is 1. The lowest BCUT2D eigenvalue weighted by atomic mass is 10.2. The van der Waals surface area contributed by atoms with Crippen molar-refractivity contribution in [1.29, 1.82) is 0 Å². The molecule has 0 aliphatic rings. The number of carbonyl (C=O) groups excluding carboxylic acids is 1. The Morgan fingerprint density at radius 2 is 2.40 bits per heavy atom. The summed E-state index contributed by atoms with van der Waals surface area (Å²) in [4.78, 5) is 10.6. The van der Waals surface area contributed by atoms with Gasteiger partial charge < -0.3 is 10.5 Å². The van der Waals surface area contributed by atoms with Gasteiger partial charge in [0.15, 0.2) is 0 Å². The van der Waals surface area contributed by atoms with Crippen molar-refractivity contribution >= 4 is 5.97 Å². The van der Waals surface area contributed by atoms with E-state index in [0.717, 1.165) is 0 Å². The molecular weight excluding hydrogens is 137 g/mol. The fourth-order valence-electron chi connectivity index (χ4n) is 0.485. The Bertz CT molecular complexity index is 108. The van der Waals surface area contributed by atoms with Crippen LogP contribution in [0, 0.1) is 0 Å². The van der Waals surface area contributed by atoms with Gasteiger partial charge in [-0.2, -0.15) is 0 Å². The lowest BCUT2D eigenvalue weighted by Crippen LogP contribution is -2.32. The Balaban J connectivity index is 3.49. The summed E-state index contributed by atoms with van der Waals surface area (Å²) in [5, 5.41) is 0. The second kappa shape index (κ2) is 5.17. The Morgan fingerprint density at radius 3 is 2.80 bits per heavy atom. The Morgan fingerprint density at radius 1 is 1.80 bits per heavy atom. The molecule has 0 aromatic heterocycles. The zero-order valence-electron chi connectivity index (χ0n) is 5.97. The van der Waals surface area contributed by atoms with Crippen molar-refractivity contribution in [3.8, 4) is 0 Å². The molecule has 0 amide bonds. The third kappa shape index (κ3) is 3.40. The summed E-state index contributed by atoms with van der Waals surface area (Å²) >= 11 is 0. The second-order valence-electron chi connectivity index (χ2n) is 1.84. The maximum atomic E-state index is 11.6. The molecule has 0 bridgehead atoms. The van der Waals surface area contributed by atoms with Crippen LogP contribution < -0.4 is 5.73 Å². The van der Waals surface area contributed by atoms with Gasteiger partial charge in [-0.25, -0.2) is 0 Å². The number of hydrogen-bond donors (Lipinski definition) is 1. The minimum absolute atomic E-state index is 0.0405. The highest BCUT2D eigenvalue weighted by Gasteiger charge is 2.12. The van der Waals surface area contributed by atoms with Gasteiger partial charge in [0.25, 0.3) is 0 Å². The van der Waals surface area contributed by atoms with Crippen LogP contribution in [-0.4, -0.2) is 25.3 Å². The highest BCUT2D eigenvalue weighted by Crippen LogP contribution is 1.91. The van der Waals surface area contributed by atoms with E-state index >= 15 is 0 Å². The minimum atomic E-state index is -0.801. The van der Waals surface area contributed by atoms with Gasteiger partial charge >= 0.3 is 5.97 Å². The van der Waals surface area contributed by atoms with Crippen LogP contribution in [0.2, 0.25) is 0 Å². The van der Waals surface area contributed by atoms with Crippen LogP contribution in [0.15, 0.2) is 0 Å². The average molecular weight is 149 g/mol. The first-order valence-corrected chi connectivity index (χ1v) is 3.20. The molecule has 0 saturated carbocycles. The third-order valence-corrected chi connectivity index (χ3v) is 1.01. The zero-order chi connectivity index (χ0) is 7.98. The fourth-order valence-corrected chi connectivity index (χ4v) is 0.485. The predicted molar refractivity (Wildman–Crippen MR) is 35.2 cm³/mol. The molecule has 4 heteroatoms. The third-order valence-electron chi connectivity index (χ3n) is 1.01. The molecule has 0 rings (SSSR count). The van der Waals surface area contributed by atoms with E-state index in [0.29, 0.717) is 6.61 Å². The predicted octanol–water partition coefficient (Wildman–Crippen LogP) is 0.236. The fraction of sp³-hybridized carbons (Fsp3) is 0.833. The summed E-state index contributed by atoms with van der Waals surface area (Å²) in [5.74, 6) is -0.528. The van der Waals surface area contributed by atoms with Crippen molar-refractivity contribution in [2.24, 2.45) is 5.73 Å². The Hall–Kier alpha value is -0.640. The molecule has 0 saturated heterocycles. The quantitative estimate of drug-likeness (QED) is 0.582. The summed E-state index contributed by atoms with van der Waals surface area (Å²) in [6.07, 6.45) is 0.0405. The number of nitrogens with two attached hydrogens (primary N) is 1. The van der Waals surface area contributed by atoms with Crippen molar-refractivity contribution in [2.75, 3.05) is 13.3 Å². The van der Waals surface area contributed by atoms with Gasteiger partial charge in [-0.1, -0.05) is 0 Å². The normalized spacial score (nSPS) is 12.7. The molecule has 60 valence electrons. The molecule has 0 spiro atoms. The summed E-state index contributed by atoms with van der Waals surface area (Å²) in [5.41, 5.74) is 5.20. The average Bonchev–Trinajstić information content (AvgIpc) is 1.89. The van der Waals surface area contributed by atoms with Crippen LogP contribution in [-0.2, 0) is 9.53 Å². The smallest absolute Gasteiger partial charge is 0.322 e. The molecule has 2 N–H and O–H groups in total. The standard InChI is InChI=1S/C6H12FNO2/c1-2-10-6(9)5(8)3-4-7/h5H,2-4,8H2,1H3/t5-/m0/s1. The van der Waals surface area contributed by atoms with Crippen LogP contribution in [0.1, 0.15) is 13.3 Å². The van der Waals surface area contributed by atoms with Gasteiger partial charge in [-0.15, -0.1) is 0 Å². The molecule has 0 fully saturated rings. The molecule has 0 radical (unpaired) electrons. The van der Waals surface area contributed by atoms with Gasteiger partial charge in [-0.3, -0.25) is 9.18 Å². The van der Waals surface area contributed by atoms with Gasteiger partial charge in [0.2, 0.25) is 0 Å². The van der Waals surface area contributed by atoms with E-state index < -0.39 is 18.7 Å². The minimum Gasteiger partial charge on any atom is -0.465 e. The molecule has 3 nitrogen and oxygen atoms in total. The Labute approximate surface area is 59.3 Å². The number of esters is 1. The molecule has 0 unspecified atom stereocenters. The molecule has 0 aliphatic heterocycles. The monoisotopic (exact) mass is 149 g/mol. The van der Waals surface area contributed by atoms with Crippen molar-refractivity contribution in [3.63, 3.8) is 0 Å².